The third-order valence-corrected chi connectivity index (χ3v) is 1.86. The van der Waals surface area contributed by atoms with Crippen LogP contribution in [-0.2, 0) is 7.05 Å². The summed E-state index contributed by atoms with van der Waals surface area (Å²) in [5.41, 5.74) is 0. The minimum Gasteiger partial charge on any atom is -0.239 e. The minimum atomic E-state index is -0.506. The SMILES string of the molecule is Cn1nnc(F)c1I. The number of hydrogen-bond donors (Lipinski definition) is 0. The quantitative estimate of drug-likeness (QED) is 0.606. The van der Waals surface area contributed by atoms with Gasteiger partial charge in [0.05, 0.1) is 0 Å². The largest absolute Gasteiger partial charge is 0.266 e. The van der Waals surface area contributed by atoms with Crippen molar-refractivity contribution in [2.75, 3.05) is 0 Å². The van der Waals surface area contributed by atoms with Crippen molar-refractivity contribution in [1.82, 2.24) is 15.0 Å². The van der Waals surface area contributed by atoms with E-state index < -0.39 is 5.95 Å². The summed E-state index contributed by atoms with van der Waals surface area (Å²) >= 11 is 1.83. The van der Waals surface area contributed by atoms with Gasteiger partial charge in [0.1, 0.15) is 0 Å². The molecule has 1 rings (SSSR count). The summed E-state index contributed by atoms with van der Waals surface area (Å²) in [5, 5.41) is 6.55. The Morgan fingerprint density at radius 1 is 1.75 bits per heavy atom. The van der Waals surface area contributed by atoms with Gasteiger partial charge < -0.3 is 0 Å². The first-order valence-electron chi connectivity index (χ1n) is 1.92. The molecule has 0 unspecified atom stereocenters. The zero-order valence-corrected chi connectivity index (χ0v) is 6.26. The molecule has 0 aliphatic carbocycles. The summed E-state index contributed by atoms with van der Waals surface area (Å²) in [6.45, 7) is 0. The van der Waals surface area contributed by atoms with Crippen LogP contribution < -0.4 is 0 Å². The highest BCUT2D eigenvalue weighted by atomic mass is 127. The number of rotatable bonds is 0. The molecule has 0 aliphatic heterocycles. The molecule has 0 radical (unpaired) electrons. The van der Waals surface area contributed by atoms with Crippen LogP contribution in [0.15, 0.2) is 0 Å². The molecule has 3 nitrogen and oxygen atoms in total. The zero-order chi connectivity index (χ0) is 6.15. The highest BCUT2D eigenvalue weighted by molar-refractivity contribution is 14.1. The normalized spacial score (nSPS) is 9.88. The molecule has 44 valence electrons. The highest BCUT2D eigenvalue weighted by Gasteiger charge is 2.02. The summed E-state index contributed by atoms with van der Waals surface area (Å²) < 4.78 is 13.9. The number of hydrogen-bond acceptors (Lipinski definition) is 2. The van der Waals surface area contributed by atoms with Crippen molar-refractivity contribution in [2.24, 2.45) is 7.05 Å². The molecule has 1 aromatic rings. The van der Waals surface area contributed by atoms with E-state index in [0.717, 1.165) is 0 Å². The molecule has 0 amide bonds. The van der Waals surface area contributed by atoms with E-state index in [1.54, 1.807) is 7.05 Å². The van der Waals surface area contributed by atoms with Crippen molar-refractivity contribution in [1.29, 1.82) is 0 Å². The Labute approximate surface area is 59.0 Å². The second-order valence-electron chi connectivity index (χ2n) is 1.29. The molecule has 0 bridgehead atoms. The summed E-state index contributed by atoms with van der Waals surface area (Å²) in [5.74, 6) is -0.506. The van der Waals surface area contributed by atoms with E-state index in [1.165, 1.54) is 4.68 Å². The Kier molecular flexibility index (Phi) is 1.45. The molecule has 0 fully saturated rings. The third kappa shape index (κ3) is 0.816. The van der Waals surface area contributed by atoms with Crippen molar-refractivity contribution in [2.45, 2.75) is 0 Å². The van der Waals surface area contributed by atoms with E-state index in [9.17, 15) is 4.39 Å². The van der Waals surface area contributed by atoms with Crippen LogP contribution in [0.5, 0.6) is 0 Å². The van der Waals surface area contributed by atoms with Crippen molar-refractivity contribution in [3.63, 3.8) is 0 Å². The van der Waals surface area contributed by atoms with Crippen LogP contribution in [0.25, 0.3) is 0 Å². The number of nitrogens with zero attached hydrogens (tertiary/aromatic N) is 3. The van der Waals surface area contributed by atoms with Crippen LogP contribution in [-0.4, -0.2) is 15.0 Å². The van der Waals surface area contributed by atoms with Gasteiger partial charge in [0, 0.05) is 7.05 Å². The molecule has 0 atom stereocenters. The molecule has 0 saturated carbocycles. The molecule has 0 saturated heterocycles. The summed E-state index contributed by atoms with van der Waals surface area (Å²) in [4.78, 5) is 0. The number of aromatic nitrogens is 3. The lowest BCUT2D eigenvalue weighted by atomic mass is 10.9. The first kappa shape index (κ1) is 5.93. The first-order chi connectivity index (χ1) is 3.72. The molecule has 8 heavy (non-hydrogen) atoms. The van der Waals surface area contributed by atoms with E-state index in [0.29, 0.717) is 3.70 Å². The molecule has 0 aliphatic rings. The molecule has 5 heteroatoms. The highest BCUT2D eigenvalue weighted by Crippen LogP contribution is 2.03. The molecular formula is C3H3FIN3. The Morgan fingerprint density at radius 2 is 2.38 bits per heavy atom. The first-order valence-corrected chi connectivity index (χ1v) is 3.00. The van der Waals surface area contributed by atoms with Gasteiger partial charge in [-0.25, -0.2) is 4.68 Å². The smallest absolute Gasteiger partial charge is 0.239 e. The monoisotopic (exact) mass is 227 g/mol. The van der Waals surface area contributed by atoms with Crippen LogP contribution in [0, 0.1) is 9.65 Å². The van der Waals surface area contributed by atoms with Crippen LogP contribution in [0.2, 0.25) is 0 Å². The Hall–Kier alpha value is -0.200. The molecule has 0 aromatic carbocycles. The summed E-state index contributed by atoms with van der Waals surface area (Å²) in [7, 11) is 1.64. The zero-order valence-electron chi connectivity index (χ0n) is 4.10. The van der Waals surface area contributed by atoms with Crippen LogP contribution >= 0.6 is 22.6 Å². The Morgan fingerprint density at radius 3 is 2.50 bits per heavy atom. The van der Waals surface area contributed by atoms with Gasteiger partial charge in [-0.1, -0.05) is 10.3 Å². The van der Waals surface area contributed by atoms with Gasteiger partial charge >= 0.3 is 0 Å². The van der Waals surface area contributed by atoms with E-state index in [2.05, 4.69) is 10.3 Å². The molecule has 0 spiro atoms. The van der Waals surface area contributed by atoms with Gasteiger partial charge in [-0.3, -0.25) is 0 Å². The van der Waals surface area contributed by atoms with E-state index in [-0.39, 0.29) is 0 Å². The maximum Gasteiger partial charge on any atom is 0.266 e. The average molecular weight is 227 g/mol. The van der Waals surface area contributed by atoms with Crippen molar-refractivity contribution < 1.29 is 4.39 Å². The van der Waals surface area contributed by atoms with Crippen molar-refractivity contribution >= 4 is 22.6 Å². The molecule has 1 aromatic heterocycles. The molecule has 1 heterocycles. The van der Waals surface area contributed by atoms with Gasteiger partial charge in [-0.2, -0.15) is 4.39 Å². The lowest BCUT2D eigenvalue weighted by Crippen LogP contribution is -1.92. The van der Waals surface area contributed by atoms with Gasteiger partial charge in [0.2, 0.25) is 0 Å². The van der Waals surface area contributed by atoms with Gasteiger partial charge in [-0.05, 0) is 22.6 Å². The fraction of sp³-hybridized carbons (Fsp3) is 0.333. The van der Waals surface area contributed by atoms with Crippen LogP contribution in [0.1, 0.15) is 0 Å². The second-order valence-corrected chi connectivity index (χ2v) is 2.32. The minimum absolute atomic E-state index is 0.433. The Bertz CT molecular complexity index is 177. The lowest BCUT2D eigenvalue weighted by Gasteiger charge is -1.83. The topological polar surface area (TPSA) is 30.7 Å². The average Bonchev–Trinajstić information content (AvgIpc) is 1.98. The van der Waals surface area contributed by atoms with Crippen LogP contribution in [0.4, 0.5) is 4.39 Å². The Balaban J connectivity index is 3.19. The fourth-order valence-corrected chi connectivity index (χ4v) is 0.525. The van der Waals surface area contributed by atoms with Gasteiger partial charge in [0.25, 0.3) is 5.95 Å². The standard InChI is InChI=1S/C3H3FIN3/c1-8-3(5)2(4)6-7-8/h1H3. The fourth-order valence-electron chi connectivity index (χ4n) is 0.320. The predicted octanol–water partition coefficient (Wildman–Crippen LogP) is 0.559. The van der Waals surface area contributed by atoms with E-state index >= 15 is 0 Å². The van der Waals surface area contributed by atoms with Crippen molar-refractivity contribution in [3.05, 3.63) is 9.65 Å². The van der Waals surface area contributed by atoms with E-state index in [4.69, 9.17) is 0 Å². The van der Waals surface area contributed by atoms with Gasteiger partial charge in [-0.15, -0.1) is 0 Å². The predicted molar refractivity (Wildman–Crippen MR) is 33.7 cm³/mol. The molecular weight excluding hydrogens is 224 g/mol. The van der Waals surface area contributed by atoms with Crippen LogP contribution in [0.3, 0.4) is 0 Å². The number of aryl methyl sites for hydroxylation is 1. The third-order valence-electron chi connectivity index (χ3n) is 0.721. The van der Waals surface area contributed by atoms with Crippen molar-refractivity contribution in [3.8, 4) is 0 Å². The van der Waals surface area contributed by atoms with Gasteiger partial charge in [0.15, 0.2) is 3.70 Å². The maximum atomic E-state index is 12.1. The lowest BCUT2D eigenvalue weighted by molar-refractivity contribution is 0.573. The second kappa shape index (κ2) is 1.96. The molecule has 0 N–H and O–H groups in total. The summed E-state index contributed by atoms with van der Waals surface area (Å²) in [6, 6.07) is 0. The van der Waals surface area contributed by atoms with E-state index in [1.807, 2.05) is 22.6 Å². The summed E-state index contributed by atoms with van der Waals surface area (Å²) in [6.07, 6.45) is 0. The maximum absolute atomic E-state index is 12.1. The number of halogens is 2.